The standard InChI is InChI=1S/C30H42O10/c1-11-17(6)29(34)39-28-27(38-23(33)14-15(2)3)25(37-21(10)32)19(8)35-30(28)40-26-22(16(4)5)13-12-18(7)24(26)36-20(9)31/h11-13,15-16,19,25,27-28,30H,14H2,1-10H3/t19-,25+,27-,28-,30-/m0/s1. The fourth-order valence-corrected chi connectivity index (χ4v) is 4.19. The number of carbonyl (C=O) groups excluding carboxylic acids is 4. The summed E-state index contributed by atoms with van der Waals surface area (Å²) in [6, 6.07) is 3.66. The molecule has 1 aliphatic rings. The molecular weight excluding hydrogens is 520 g/mol. The lowest BCUT2D eigenvalue weighted by molar-refractivity contribution is -0.280. The summed E-state index contributed by atoms with van der Waals surface area (Å²) in [6.45, 7) is 16.8. The SMILES string of the molecule is CC=C(C)C(=O)O[C@@H]1[C@H](Oc2c(C(C)C)ccc(C)c2OC(C)=O)O[C@@H](C)[C@@H](OC(C)=O)[C@@H]1OC(=O)CC(C)C. The van der Waals surface area contributed by atoms with Crippen LogP contribution in [-0.2, 0) is 38.1 Å². The van der Waals surface area contributed by atoms with E-state index in [2.05, 4.69) is 0 Å². The van der Waals surface area contributed by atoms with Gasteiger partial charge in [-0.15, -0.1) is 0 Å². The van der Waals surface area contributed by atoms with Crippen molar-refractivity contribution in [2.75, 3.05) is 0 Å². The van der Waals surface area contributed by atoms with Gasteiger partial charge in [-0.05, 0) is 45.1 Å². The molecule has 0 N–H and O–H groups in total. The third-order valence-electron chi connectivity index (χ3n) is 6.31. The van der Waals surface area contributed by atoms with E-state index in [1.54, 1.807) is 33.8 Å². The van der Waals surface area contributed by atoms with Crippen LogP contribution in [0.5, 0.6) is 11.5 Å². The third-order valence-corrected chi connectivity index (χ3v) is 6.31. The molecule has 10 nitrogen and oxygen atoms in total. The van der Waals surface area contributed by atoms with Gasteiger partial charge in [0.15, 0.2) is 23.7 Å². The molecule has 5 atom stereocenters. The zero-order valence-electron chi connectivity index (χ0n) is 25.1. The number of hydrogen-bond acceptors (Lipinski definition) is 10. The molecule has 0 aromatic heterocycles. The minimum Gasteiger partial charge on any atom is -0.456 e. The lowest BCUT2D eigenvalue weighted by Crippen LogP contribution is -2.62. The molecule has 1 heterocycles. The summed E-state index contributed by atoms with van der Waals surface area (Å²) in [5.41, 5.74) is 1.64. The van der Waals surface area contributed by atoms with Crippen LogP contribution in [0.3, 0.4) is 0 Å². The van der Waals surface area contributed by atoms with Crippen molar-refractivity contribution >= 4 is 23.9 Å². The largest absolute Gasteiger partial charge is 0.456 e. The Morgan fingerprint density at radius 2 is 1.55 bits per heavy atom. The molecule has 222 valence electrons. The van der Waals surface area contributed by atoms with Crippen molar-refractivity contribution < 1.29 is 47.6 Å². The van der Waals surface area contributed by atoms with Gasteiger partial charge in [0.25, 0.3) is 0 Å². The Balaban J connectivity index is 2.68. The Bertz CT molecular complexity index is 1120. The molecule has 1 saturated heterocycles. The highest BCUT2D eigenvalue weighted by Gasteiger charge is 2.52. The van der Waals surface area contributed by atoms with Crippen molar-refractivity contribution in [3.8, 4) is 11.5 Å². The zero-order valence-corrected chi connectivity index (χ0v) is 25.1. The van der Waals surface area contributed by atoms with Crippen LogP contribution in [0.25, 0.3) is 0 Å². The van der Waals surface area contributed by atoms with Crippen LogP contribution in [-0.4, -0.2) is 54.6 Å². The second kappa shape index (κ2) is 14.3. The van der Waals surface area contributed by atoms with E-state index in [1.165, 1.54) is 13.8 Å². The van der Waals surface area contributed by atoms with E-state index in [9.17, 15) is 19.2 Å². The quantitative estimate of drug-likeness (QED) is 0.168. The van der Waals surface area contributed by atoms with Crippen molar-refractivity contribution in [1.29, 1.82) is 0 Å². The second-order valence-corrected chi connectivity index (χ2v) is 10.7. The van der Waals surface area contributed by atoms with Crippen molar-refractivity contribution in [2.24, 2.45) is 5.92 Å². The molecule has 40 heavy (non-hydrogen) atoms. The van der Waals surface area contributed by atoms with Crippen LogP contribution in [0.15, 0.2) is 23.8 Å². The first-order valence-electron chi connectivity index (χ1n) is 13.5. The van der Waals surface area contributed by atoms with Crippen LogP contribution in [0.2, 0.25) is 0 Å². The highest BCUT2D eigenvalue weighted by Crippen LogP contribution is 2.41. The number of hydrogen-bond donors (Lipinski definition) is 0. The van der Waals surface area contributed by atoms with E-state index >= 15 is 0 Å². The summed E-state index contributed by atoms with van der Waals surface area (Å²) in [5.74, 6) is -2.07. The smallest absolute Gasteiger partial charge is 0.334 e. The van der Waals surface area contributed by atoms with Gasteiger partial charge in [-0.2, -0.15) is 0 Å². The number of esters is 4. The van der Waals surface area contributed by atoms with Crippen LogP contribution >= 0.6 is 0 Å². The summed E-state index contributed by atoms with van der Waals surface area (Å²) in [7, 11) is 0. The van der Waals surface area contributed by atoms with Crippen LogP contribution in [0.1, 0.15) is 85.8 Å². The van der Waals surface area contributed by atoms with Gasteiger partial charge in [0.1, 0.15) is 0 Å². The summed E-state index contributed by atoms with van der Waals surface area (Å²) in [6.07, 6.45) is -4.16. The van der Waals surface area contributed by atoms with Crippen LogP contribution < -0.4 is 9.47 Å². The fourth-order valence-electron chi connectivity index (χ4n) is 4.19. The lowest BCUT2D eigenvalue weighted by atomic mass is 9.97. The van der Waals surface area contributed by atoms with Gasteiger partial charge < -0.3 is 28.4 Å². The minimum atomic E-state index is -1.34. The normalized spacial score (nSPS) is 23.0. The average Bonchev–Trinajstić information content (AvgIpc) is 2.83. The van der Waals surface area contributed by atoms with Crippen LogP contribution in [0, 0.1) is 12.8 Å². The molecule has 1 aromatic carbocycles. The van der Waals surface area contributed by atoms with Gasteiger partial charge >= 0.3 is 23.9 Å². The Hall–Kier alpha value is -3.40. The van der Waals surface area contributed by atoms with E-state index < -0.39 is 54.6 Å². The molecule has 0 radical (unpaired) electrons. The number of allylic oxidation sites excluding steroid dienone is 1. The van der Waals surface area contributed by atoms with E-state index in [0.29, 0.717) is 16.7 Å². The van der Waals surface area contributed by atoms with Crippen molar-refractivity contribution in [2.45, 2.75) is 112 Å². The first-order valence-corrected chi connectivity index (χ1v) is 13.5. The number of benzene rings is 1. The first-order chi connectivity index (χ1) is 18.7. The van der Waals surface area contributed by atoms with E-state index in [1.807, 2.05) is 39.8 Å². The van der Waals surface area contributed by atoms with Crippen LogP contribution in [0.4, 0.5) is 0 Å². The maximum absolute atomic E-state index is 13.0. The van der Waals surface area contributed by atoms with Gasteiger partial charge in [0.2, 0.25) is 12.4 Å². The Morgan fingerprint density at radius 1 is 0.900 bits per heavy atom. The molecular formula is C30H42O10. The Morgan fingerprint density at radius 3 is 2.08 bits per heavy atom. The van der Waals surface area contributed by atoms with E-state index in [-0.39, 0.29) is 29.8 Å². The Kier molecular flexibility index (Phi) is 11.7. The Labute approximate surface area is 236 Å². The fraction of sp³-hybridized carbons (Fsp3) is 0.600. The molecule has 0 unspecified atom stereocenters. The predicted molar refractivity (Wildman–Crippen MR) is 146 cm³/mol. The molecule has 1 fully saturated rings. The topological polar surface area (TPSA) is 124 Å². The predicted octanol–water partition coefficient (Wildman–Crippen LogP) is 4.93. The summed E-state index contributed by atoms with van der Waals surface area (Å²) < 4.78 is 35.2. The van der Waals surface area contributed by atoms with Crippen molar-refractivity contribution in [3.05, 3.63) is 34.9 Å². The van der Waals surface area contributed by atoms with Gasteiger partial charge in [-0.1, -0.05) is 45.9 Å². The number of ether oxygens (including phenoxy) is 6. The van der Waals surface area contributed by atoms with Gasteiger partial charge in [-0.3, -0.25) is 14.4 Å². The molecule has 0 amide bonds. The monoisotopic (exact) mass is 562 g/mol. The number of rotatable bonds is 10. The molecule has 0 bridgehead atoms. The molecule has 0 aliphatic carbocycles. The number of carbonyl (C=O) groups is 4. The van der Waals surface area contributed by atoms with E-state index in [4.69, 9.17) is 28.4 Å². The number of aryl methyl sites for hydroxylation is 1. The molecule has 2 rings (SSSR count). The summed E-state index contributed by atoms with van der Waals surface area (Å²) in [4.78, 5) is 49.8. The highest BCUT2D eigenvalue weighted by molar-refractivity contribution is 5.87. The van der Waals surface area contributed by atoms with Gasteiger partial charge in [-0.25, -0.2) is 4.79 Å². The van der Waals surface area contributed by atoms with Crippen molar-refractivity contribution in [3.63, 3.8) is 0 Å². The van der Waals surface area contributed by atoms with Gasteiger partial charge in [0, 0.05) is 31.4 Å². The zero-order chi connectivity index (χ0) is 30.3. The summed E-state index contributed by atoms with van der Waals surface area (Å²) >= 11 is 0. The minimum absolute atomic E-state index is 0.0116. The molecule has 1 aliphatic heterocycles. The average molecular weight is 563 g/mol. The first kappa shape index (κ1) is 32.8. The van der Waals surface area contributed by atoms with Gasteiger partial charge in [0.05, 0.1) is 6.10 Å². The lowest BCUT2D eigenvalue weighted by Gasteiger charge is -2.43. The maximum Gasteiger partial charge on any atom is 0.334 e. The maximum atomic E-state index is 13.0. The third kappa shape index (κ3) is 8.55. The highest BCUT2D eigenvalue weighted by atomic mass is 16.7. The summed E-state index contributed by atoms with van der Waals surface area (Å²) in [5, 5.41) is 0. The molecule has 10 heteroatoms. The molecule has 0 spiro atoms. The molecule has 1 aromatic rings. The molecule has 0 saturated carbocycles. The van der Waals surface area contributed by atoms with E-state index in [0.717, 1.165) is 0 Å². The second-order valence-electron chi connectivity index (χ2n) is 10.7. The van der Waals surface area contributed by atoms with Crippen molar-refractivity contribution in [1.82, 2.24) is 0 Å².